The molecule has 3 aliphatic rings. The summed E-state index contributed by atoms with van der Waals surface area (Å²) in [5, 5.41) is 4.89. The number of fused-ring (bicyclic) bond motifs is 1. The fraction of sp³-hybridized carbons (Fsp3) is 0.500. The summed E-state index contributed by atoms with van der Waals surface area (Å²) < 4.78 is 5.38. The van der Waals surface area contributed by atoms with Gasteiger partial charge in [-0.15, -0.1) is 0 Å². The van der Waals surface area contributed by atoms with Gasteiger partial charge in [-0.2, -0.15) is 0 Å². The molecular weight excluding hydrogens is 470 g/mol. The molecule has 1 unspecified atom stereocenters. The number of nitrogens with one attached hydrogen (secondary N) is 2. The van der Waals surface area contributed by atoms with Crippen LogP contribution in [0.15, 0.2) is 18.2 Å². The highest BCUT2D eigenvalue weighted by atomic mass is 16.6. The fourth-order valence-electron chi connectivity index (χ4n) is 4.37. The summed E-state index contributed by atoms with van der Waals surface area (Å²) in [6, 6.07) is 3.33. The quantitative estimate of drug-likeness (QED) is 0.572. The van der Waals surface area contributed by atoms with E-state index < -0.39 is 35.3 Å². The molecule has 1 aromatic carbocycles. The predicted molar refractivity (Wildman–Crippen MR) is 126 cm³/mol. The zero-order valence-electron chi connectivity index (χ0n) is 20.5. The highest BCUT2D eigenvalue weighted by Crippen LogP contribution is 2.29. The van der Waals surface area contributed by atoms with Crippen LogP contribution in [-0.2, 0) is 19.1 Å². The maximum atomic E-state index is 12.9. The smallest absolute Gasteiger partial charge is 0.410 e. The first kappa shape index (κ1) is 25.3. The fourth-order valence-corrected chi connectivity index (χ4v) is 4.37. The first-order valence-corrected chi connectivity index (χ1v) is 11.8. The summed E-state index contributed by atoms with van der Waals surface area (Å²) in [4.78, 5) is 78.5. The largest absolute Gasteiger partial charge is 0.444 e. The lowest BCUT2D eigenvalue weighted by Crippen LogP contribution is -2.54. The van der Waals surface area contributed by atoms with Crippen molar-refractivity contribution in [3.63, 3.8) is 0 Å². The van der Waals surface area contributed by atoms with E-state index in [0.29, 0.717) is 31.9 Å². The van der Waals surface area contributed by atoms with Crippen molar-refractivity contribution in [3.8, 4) is 0 Å². The molecule has 3 aliphatic heterocycles. The Morgan fingerprint density at radius 3 is 2.33 bits per heavy atom. The molecule has 12 heteroatoms. The van der Waals surface area contributed by atoms with E-state index in [1.165, 1.54) is 18.2 Å². The van der Waals surface area contributed by atoms with Gasteiger partial charge in [0.25, 0.3) is 11.8 Å². The van der Waals surface area contributed by atoms with Gasteiger partial charge >= 0.3 is 6.09 Å². The SMILES string of the molecule is CC(C)(C)OC(=O)N1CCN(CC(=O)Nc2ccc3c(c2)C(=O)N(C2CCC(=O)NC2=O)C3=O)CC1. The third kappa shape index (κ3) is 5.38. The monoisotopic (exact) mass is 499 g/mol. The molecule has 1 atom stereocenters. The number of benzene rings is 1. The molecule has 0 saturated carbocycles. The van der Waals surface area contributed by atoms with Gasteiger partial charge in [-0.25, -0.2) is 4.79 Å². The van der Waals surface area contributed by atoms with Crippen LogP contribution in [0.5, 0.6) is 0 Å². The highest BCUT2D eigenvalue weighted by molar-refractivity contribution is 6.23. The number of hydrogen-bond acceptors (Lipinski definition) is 8. The Bertz CT molecular complexity index is 1130. The molecular formula is C24H29N5O7. The van der Waals surface area contributed by atoms with E-state index in [1.807, 2.05) is 4.90 Å². The van der Waals surface area contributed by atoms with Gasteiger partial charge in [0.2, 0.25) is 17.7 Å². The molecule has 0 aliphatic carbocycles. The summed E-state index contributed by atoms with van der Waals surface area (Å²) in [5.41, 5.74) is 0.00124. The number of imide groups is 2. The molecule has 0 bridgehead atoms. The van der Waals surface area contributed by atoms with Gasteiger partial charge in [0.05, 0.1) is 17.7 Å². The summed E-state index contributed by atoms with van der Waals surface area (Å²) in [5.74, 6) is -2.67. The van der Waals surface area contributed by atoms with Gasteiger partial charge in [0, 0.05) is 38.3 Å². The molecule has 0 radical (unpaired) electrons. The van der Waals surface area contributed by atoms with Crippen LogP contribution in [0, 0.1) is 0 Å². The van der Waals surface area contributed by atoms with E-state index in [4.69, 9.17) is 4.74 Å². The predicted octanol–water partition coefficient (Wildman–Crippen LogP) is 0.579. The van der Waals surface area contributed by atoms with Crippen molar-refractivity contribution in [2.45, 2.75) is 45.3 Å². The molecule has 1 aromatic rings. The van der Waals surface area contributed by atoms with Crippen molar-refractivity contribution >= 4 is 41.3 Å². The van der Waals surface area contributed by atoms with Gasteiger partial charge in [-0.3, -0.25) is 39.1 Å². The number of carbonyl (C=O) groups excluding carboxylic acids is 6. The zero-order valence-corrected chi connectivity index (χ0v) is 20.5. The molecule has 0 aromatic heterocycles. The van der Waals surface area contributed by atoms with Crippen LogP contribution >= 0.6 is 0 Å². The topological polar surface area (TPSA) is 145 Å². The van der Waals surface area contributed by atoms with E-state index in [2.05, 4.69) is 10.6 Å². The van der Waals surface area contributed by atoms with Crippen LogP contribution in [0.3, 0.4) is 0 Å². The number of piperazine rings is 1. The molecule has 2 N–H and O–H groups in total. The van der Waals surface area contributed by atoms with Crippen molar-refractivity contribution in [3.05, 3.63) is 29.3 Å². The third-order valence-corrected chi connectivity index (χ3v) is 6.11. The average Bonchev–Trinajstić information content (AvgIpc) is 3.03. The molecule has 192 valence electrons. The molecule has 2 fully saturated rings. The first-order valence-electron chi connectivity index (χ1n) is 11.8. The van der Waals surface area contributed by atoms with Crippen LogP contribution in [0.1, 0.15) is 54.3 Å². The van der Waals surface area contributed by atoms with E-state index in [0.717, 1.165) is 4.90 Å². The van der Waals surface area contributed by atoms with Crippen LogP contribution < -0.4 is 10.6 Å². The Labute approximate surface area is 207 Å². The Kier molecular flexibility index (Phi) is 6.81. The second kappa shape index (κ2) is 9.69. The summed E-state index contributed by atoms with van der Waals surface area (Å²) in [7, 11) is 0. The third-order valence-electron chi connectivity index (χ3n) is 6.11. The van der Waals surface area contributed by atoms with Crippen molar-refractivity contribution < 1.29 is 33.5 Å². The van der Waals surface area contributed by atoms with Crippen LogP contribution in [0.2, 0.25) is 0 Å². The number of ether oxygens (including phenoxy) is 1. The van der Waals surface area contributed by atoms with Gasteiger partial charge < -0.3 is 15.0 Å². The van der Waals surface area contributed by atoms with Crippen molar-refractivity contribution in [1.29, 1.82) is 0 Å². The van der Waals surface area contributed by atoms with Gasteiger partial charge in [0.15, 0.2) is 0 Å². The minimum absolute atomic E-state index is 0.0388. The van der Waals surface area contributed by atoms with E-state index in [-0.39, 0.29) is 42.5 Å². The Balaban J connectivity index is 1.33. The summed E-state index contributed by atoms with van der Waals surface area (Å²) in [6.07, 6.45) is -0.270. The minimum Gasteiger partial charge on any atom is -0.444 e. The number of amides is 6. The number of nitrogens with zero attached hydrogens (tertiary/aromatic N) is 3. The van der Waals surface area contributed by atoms with Gasteiger partial charge in [0.1, 0.15) is 11.6 Å². The van der Waals surface area contributed by atoms with Crippen LogP contribution in [0.4, 0.5) is 10.5 Å². The lowest BCUT2D eigenvalue weighted by Gasteiger charge is -2.35. The molecule has 4 rings (SSSR count). The molecule has 3 heterocycles. The molecule has 0 spiro atoms. The maximum absolute atomic E-state index is 12.9. The minimum atomic E-state index is -1.05. The summed E-state index contributed by atoms with van der Waals surface area (Å²) in [6.45, 7) is 7.40. The van der Waals surface area contributed by atoms with Crippen molar-refractivity contribution in [2.75, 3.05) is 38.0 Å². The highest BCUT2D eigenvalue weighted by Gasteiger charge is 2.44. The lowest BCUT2D eigenvalue weighted by atomic mass is 10.0. The molecule has 12 nitrogen and oxygen atoms in total. The zero-order chi connectivity index (χ0) is 26.2. The molecule has 6 amide bonds. The number of anilines is 1. The van der Waals surface area contributed by atoms with Gasteiger partial charge in [-0.1, -0.05) is 0 Å². The summed E-state index contributed by atoms with van der Waals surface area (Å²) >= 11 is 0. The van der Waals surface area contributed by atoms with Crippen LogP contribution in [-0.4, -0.2) is 94.7 Å². The Hall–Kier alpha value is -3.80. The number of rotatable bonds is 4. The number of hydrogen-bond donors (Lipinski definition) is 2. The number of carbonyl (C=O) groups is 6. The van der Waals surface area contributed by atoms with E-state index >= 15 is 0 Å². The average molecular weight is 500 g/mol. The van der Waals surface area contributed by atoms with Crippen molar-refractivity contribution in [1.82, 2.24) is 20.0 Å². The molecule has 36 heavy (non-hydrogen) atoms. The second-order valence-corrected chi connectivity index (χ2v) is 10.00. The first-order chi connectivity index (χ1) is 16.9. The van der Waals surface area contributed by atoms with E-state index in [1.54, 1.807) is 25.7 Å². The van der Waals surface area contributed by atoms with E-state index in [9.17, 15) is 28.8 Å². The Morgan fingerprint density at radius 2 is 1.69 bits per heavy atom. The standard InChI is InChI=1S/C24H29N5O7/c1-24(2,3)36-23(35)28-10-8-27(9-11-28)13-19(31)25-14-4-5-15-16(12-14)22(34)29(21(15)33)17-6-7-18(30)26-20(17)32/h4-5,12,17H,6-11,13H2,1-3H3,(H,25,31)(H,26,30,32). The maximum Gasteiger partial charge on any atom is 0.410 e. The lowest BCUT2D eigenvalue weighted by molar-refractivity contribution is -0.136. The van der Waals surface area contributed by atoms with Crippen molar-refractivity contribution in [2.24, 2.45) is 0 Å². The Morgan fingerprint density at radius 1 is 1.03 bits per heavy atom. The normalized spacial score (nSPS) is 20.8. The molecule has 2 saturated heterocycles. The number of piperidine rings is 1. The van der Waals surface area contributed by atoms with Crippen LogP contribution in [0.25, 0.3) is 0 Å². The van der Waals surface area contributed by atoms with Gasteiger partial charge in [-0.05, 0) is 45.4 Å². The second-order valence-electron chi connectivity index (χ2n) is 10.00.